The molecule has 0 aromatic rings. The Labute approximate surface area is 82.5 Å². The summed E-state index contributed by atoms with van der Waals surface area (Å²) in [4.78, 5) is 0. The third-order valence-electron chi connectivity index (χ3n) is 0. The van der Waals surface area contributed by atoms with E-state index < -0.39 is 0 Å². The van der Waals surface area contributed by atoms with E-state index in [4.69, 9.17) is 0 Å². The van der Waals surface area contributed by atoms with Crippen molar-refractivity contribution in [1.82, 2.24) is 0 Å². The Morgan fingerprint density at radius 2 is 0.500 bits per heavy atom. The van der Waals surface area contributed by atoms with E-state index in [0.717, 1.165) is 0 Å². The summed E-state index contributed by atoms with van der Waals surface area (Å²) >= 11 is 0. The molecule has 0 fully saturated rings. The van der Waals surface area contributed by atoms with Gasteiger partial charge in [-0.15, -0.1) is 0 Å². The molecule has 36 valence electrons. The van der Waals surface area contributed by atoms with Crippen LogP contribution in [0.2, 0.25) is 0 Å². The molecule has 0 aliphatic carbocycles. The second-order valence-electron chi connectivity index (χ2n) is 0. The van der Waals surface area contributed by atoms with Crippen LogP contribution in [0, 0.1) is 39.9 Å². The maximum atomic E-state index is 0. The van der Waals surface area contributed by atoms with E-state index in [1.165, 1.54) is 0 Å². The van der Waals surface area contributed by atoms with E-state index in [1.54, 1.807) is 0 Å². The minimum absolute atomic E-state index is 0. The van der Waals surface area contributed by atoms with E-state index in [1.807, 2.05) is 0 Å². The molecule has 4 nitrogen and oxygen atoms in total. The molecule has 4 N–H and O–H groups in total. The summed E-state index contributed by atoms with van der Waals surface area (Å²) in [6.45, 7) is 0. The van der Waals surface area contributed by atoms with Gasteiger partial charge in [-0.25, -0.2) is 0 Å². The van der Waals surface area contributed by atoms with Crippen molar-refractivity contribution in [2.75, 3.05) is 0 Å². The molecule has 0 bridgehead atoms. The van der Waals surface area contributed by atoms with Crippen LogP contribution >= 0.6 is 0 Å². The first-order valence-corrected chi connectivity index (χ1v) is 0. The summed E-state index contributed by atoms with van der Waals surface area (Å²) in [5.41, 5.74) is 0. The van der Waals surface area contributed by atoms with E-state index in [-0.39, 0.29) is 83.6 Å². The Morgan fingerprint density at radius 3 is 0.500 bits per heavy atom. The Morgan fingerprint density at radius 1 is 0.500 bits per heavy atom. The molecule has 0 saturated carbocycles. The number of hydrogen-bond acceptors (Lipinski definition) is 4. The minimum Gasteiger partial charge on any atom is -0.870 e. The maximum Gasteiger partial charge on any atom is 4.00 e. The molecule has 0 unspecified atom stereocenters. The summed E-state index contributed by atoms with van der Waals surface area (Å²) in [5.74, 6) is 0. The predicted molar refractivity (Wildman–Crippen MR) is 7.74 cm³/mol. The zero-order chi connectivity index (χ0) is 0. The fourth-order valence-electron chi connectivity index (χ4n) is 0. The van der Waals surface area contributed by atoms with Gasteiger partial charge in [-0.3, -0.25) is 0 Å². The zero-order valence-electron chi connectivity index (χ0n) is 2.79. The van der Waals surface area contributed by atoms with Gasteiger partial charge in [0.1, 0.15) is 0 Å². The van der Waals surface area contributed by atoms with E-state index in [2.05, 4.69) is 0 Å². The molecule has 0 rings (SSSR count). The van der Waals surface area contributed by atoms with Gasteiger partial charge in [0.05, 0.1) is 0 Å². The van der Waals surface area contributed by atoms with Gasteiger partial charge in [0.2, 0.25) is 0 Å². The predicted octanol–water partition coefficient (Wildman–Crippen LogP) is -0.710. The van der Waals surface area contributed by atoms with Crippen LogP contribution in [0.4, 0.5) is 0 Å². The van der Waals surface area contributed by atoms with Crippen molar-refractivity contribution in [2.45, 2.75) is 0 Å². The van der Waals surface area contributed by atoms with Gasteiger partial charge >= 0.3 is 39.9 Å². The number of hydrogen-bond donors (Lipinski definition) is 0. The summed E-state index contributed by atoms with van der Waals surface area (Å²) in [7, 11) is 0. The molecule has 0 spiro atoms. The first-order chi connectivity index (χ1) is 0. The monoisotopic (exact) mass is 348 g/mol. The van der Waals surface area contributed by atoms with Crippen LogP contribution in [0.25, 0.3) is 0 Å². The Hall–Kier alpha value is 1.88. The van der Waals surface area contributed by atoms with E-state index >= 15 is 0 Å². The molecule has 0 radical (unpaired) electrons. The fourth-order valence-corrected chi connectivity index (χ4v) is 0. The van der Waals surface area contributed by atoms with Crippen LogP contribution in [-0.2, 0) is 21.7 Å². The van der Waals surface area contributed by atoms with Crippen molar-refractivity contribution in [3.63, 3.8) is 0 Å². The zero-order valence-corrected chi connectivity index (χ0v) is 8.46. The van der Waals surface area contributed by atoms with Crippen LogP contribution in [-0.4, -0.2) is 21.9 Å². The normalized spacial score (nSPS) is 0. The van der Waals surface area contributed by atoms with Crippen molar-refractivity contribution in [3.8, 4) is 0 Å². The smallest absolute Gasteiger partial charge is 0.870 e. The van der Waals surface area contributed by atoms with Crippen LogP contribution in [0.1, 0.15) is 0 Å². The summed E-state index contributed by atoms with van der Waals surface area (Å²) in [6.07, 6.45) is 0. The topological polar surface area (TPSA) is 120 Å². The quantitative estimate of drug-likeness (QED) is 0.537. The van der Waals surface area contributed by atoms with Crippen LogP contribution < -0.4 is 0 Å². The Bertz CT molecular complexity index is 7.51. The molecule has 0 amide bonds. The Kier molecular flexibility index (Phi) is 1190. The number of rotatable bonds is 0. The second-order valence-corrected chi connectivity index (χ2v) is 0. The van der Waals surface area contributed by atoms with Crippen LogP contribution in [0.5, 0.6) is 0 Å². The van der Waals surface area contributed by atoms with Gasteiger partial charge in [-0.1, -0.05) is 0 Å². The molecular weight excluding hydrogens is 344 g/mol. The summed E-state index contributed by atoms with van der Waals surface area (Å²) in [6, 6.07) is 0. The molecule has 0 aliphatic rings. The Balaban J connectivity index is 0. The maximum absolute atomic E-state index is 0. The van der Waals surface area contributed by atoms with Gasteiger partial charge in [-0.05, 0) is 0 Å². The molecule has 6 heavy (non-hydrogen) atoms. The van der Waals surface area contributed by atoms with Crippen LogP contribution in [0.3, 0.4) is 0 Å². The first-order valence-electron chi connectivity index (χ1n) is 0. The van der Waals surface area contributed by atoms with Gasteiger partial charge < -0.3 is 21.9 Å². The molecular formula is H4O4ThTi. The molecule has 0 atom stereocenters. The van der Waals surface area contributed by atoms with Gasteiger partial charge in [0.15, 0.2) is 0 Å². The van der Waals surface area contributed by atoms with Crippen molar-refractivity contribution in [3.05, 3.63) is 0 Å². The first kappa shape index (κ1) is 106. The fraction of sp³-hybridized carbons (Fsp3) is 0. The van der Waals surface area contributed by atoms with Crippen molar-refractivity contribution in [1.29, 1.82) is 0 Å². The van der Waals surface area contributed by atoms with E-state index in [0.29, 0.717) is 0 Å². The summed E-state index contributed by atoms with van der Waals surface area (Å²) in [5, 5.41) is 0. The van der Waals surface area contributed by atoms with Crippen LogP contribution in [0.15, 0.2) is 0 Å². The van der Waals surface area contributed by atoms with Crippen molar-refractivity contribution >= 4 is 0 Å². The van der Waals surface area contributed by atoms with Crippen molar-refractivity contribution < 1.29 is 83.6 Å². The molecule has 0 saturated heterocycles. The molecule has 0 aromatic carbocycles. The van der Waals surface area contributed by atoms with E-state index in [9.17, 15) is 0 Å². The average Bonchev–Trinajstić information content (AvgIpc) is 0. The largest absolute Gasteiger partial charge is 4.00 e. The summed E-state index contributed by atoms with van der Waals surface area (Å²) < 4.78 is 0. The third-order valence-corrected chi connectivity index (χ3v) is 0. The van der Waals surface area contributed by atoms with Crippen molar-refractivity contribution in [2.24, 2.45) is 0 Å². The second kappa shape index (κ2) is 67.3. The SMILES string of the molecule is [OH-].[OH-].[OH-].[OH-].[Th+4].[Ti]. The van der Waals surface area contributed by atoms with Gasteiger partial charge in [-0.2, -0.15) is 0 Å². The molecule has 0 aliphatic heterocycles. The minimum atomic E-state index is 0. The van der Waals surface area contributed by atoms with Gasteiger partial charge in [0, 0.05) is 21.7 Å². The molecule has 0 heterocycles. The average molecular weight is 348 g/mol. The third kappa shape index (κ3) is 39.6. The standard InChI is InChI=1S/4H2O.Th.Ti/h4*1H2;;/q;;;;+4;/p-4. The molecule has 0 aromatic heterocycles. The van der Waals surface area contributed by atoms with Gasteiger partial charge in [0.25, 0.3) is 0 Å². The molecule has 6 heteroatoms.